The predicted molar refractivity (Wildman–Crippen MR) is 96.7 cm³/mol. The Morgan fingerprint density at radius 1 is 0.963 bits per heavy atom. The minimum absolute atomic E-state index is 0.319. The lowest BCUT2D eigenvalue weighted by Gasteiger charge is -2.40. The summed E-state index contributed by atoms with van der Waals surface area (Å²) in [5.41, 5.74) is 2.26. The molecule has 0 unspecified atom stereocenters. The standard InChI is InChI=1S/C19H21ClO7/c20-14-6-3-11(19-18(24)17(23)16(22)15(9-21)26-19)8-12(14)7-10-1-4-13(27-25)5-2-10/h1-6,8,15-19,21-25H,7,9H2/t15-,16-,17+,18-,19+/m1/s1. The molecule has 0 saturated carbocycles. The lowest BCUT2D eigenvalue weighted by molar-refractivity contribution is -0.231. The van der Waals surface area contributed by atoms with E-state index in [9.17, 15) is 20.4 Å². The van der Waals surface area contributed by atoms with Crippen molar-refractivity contribution in [2.75, 3.05) is 6.61 Å². The quantitative estimate of drug-likeness (QED) is 0.381. The Bertz CT molecular complexity index is 765. The first-order chi connectivity index (χ1) is 12.9. The lowest BCUT2D eigenvalue weighted by Crippen LogP contribution is -2.55. The molecule has 5 N–H and O–H groups in total. The van der Waals surface area contributed by atoms with Crippen LogP contribution in [0.5, 0.6) is 5.75 Å². The fourth-order valence-electron chi connectivity index (χ4n) is 3.17. The van der Waals surface area contributed by atoms with Crippen LogP contribution in [-0.4, -0.2) is 56.7 Å². The topological polar surface area (TPSA) is 120 Å². The summed E-state index contributed by atoms with van der Waals surface area (Å²) in [4.78, 5) is 4.16. The third kappa shape index (κ3) is 4.25. The van der Waals surface area contributed by atoms with Gasteiger partial charge >= 0.3 is 0 Å². The van der Waals surface area contributed by atoms with Crippen LogP contribution in [0.4, 0.5) is 0 Å². The summed E-state index contributed by atoms with van der Waals surface area (Å²) in [5, 5.41) is 48.7. The molecular formula is C19H21ClO7. The summed E-state index contributed by atoms with van der Waals surface area (Å²) >= 11 is 6.29. The number of aliphatic hydroxyl groups excluding tert-OH is 4. The van der Waals surface area contributed by atoms with E-state index < -0.39 is 37.1 Å². The lowest BCUT2D eigenvalue weighted by atomic mass is 9.90. The summed E-state index contributed by atoms with van der Waals surface area (Å²) < 4.78 is 5.59. The average molecular weight is 397 g/mol. The van der Waals surface area contributed by atoms with Crippen molar-refractivity contribution in [1.29, 1.82) is 0 Å². The Hall–Kier alpha value is -1.71. The normalized spacial score (nSPS) is 28.1. The Morgan fingerprint density at radius 2 is 1.67 bits per heavy atom. The van der Waals surface area contributed by atoms with Crippen molar-refractivity contribution < 1.29 is 35.3 Å². The van der Waals surface area contributed by atoms with Crippen LogP contribution in [0.1, 0.15) is 22.8 Å². The minimum Gasteiger partial charge on any atom is -0.394 e. The summed E-state index contributed by atoms with van der Waals surface area (Å²) in [6, 6.07) is 11.9. The molecule has 8 heteroatoms. The van der Waals surface area contributed by atoms with Crippen molar-refractivity contribution in [3.63, 3.8) is 0 Å². The number of halogens is 1. The van der Waals surface area contributed by atoms with Crippen molar-refractivity contribution in [3.8, 4) is 5.75 Å². The largest absolute Gasteiger partial charge is 0.394 e. The highest BCUT2D eigenvalue weighted by Crippen LogP contribution is 2.34. The van der Waals surface area contributed by atoms with Crippen LogP contribution in [0.25, 0.3) is 0 Å². The van der Waals surface area contributed by atoms with Crippen molar-refractivity contribution >= 4 is 11.6 Å². The molecule has 0 radical (unpaired) electrons. The van der Waals surface area contributed by atoms with E-state index in [0.29, 0.717) is 22.8 Å². The summed E-state index contributed by atoms with van der Waals surface area (Å²) in [6.45, 7) is -0.485. The number of aliphatic hydroxyl groups is 4. The Balaban J connectivity index is 1.85. The van der Waals surface area contributed by atoms with Crippen LogP contribution in [0.2, 0.25) is 5.02 Å². The van der Waals surface area contributed by atoms with Gasteiger partial charge in [-0.1, -0.05) is 35.9 Å². The van der Waals surface area contributed by atoms with Gasteiger partial charge < -0.3 is 30.1 Å². The zero-order chi connectivity index (χ0) is 19.6. The fourth-order valence-corrected chi connectivity index (χ4v) is 3.36. The fraction of sp³-hybridized carbons (Fsp3) is 0.368. The molecule has 3 rings (SSSR count). The van der Waals surface area contributed by atoms with Gasteiger partial charge in [-0.3, -0.25) is 0 Å². The number of benzene rings is 2. The van der Waals surface area contributed by atoms with E-state index in [1.165, 1.54) is 0 Å². The van der Waals surface area contributed by atoms with Crippen LogP contribution in [0.3, 0.4) is 0 Å². The molecule has 2 aromatic rings. The Morgan fingerprint density at radius 3 is 2.30 bits per heavy atom. The zero-order valence-electron chi connectivity index (χ0n) is 14.3. The van der Waals surface area contributed by atoms with E-state index in [0.717, 1.165) is 11.1 Å². The minimum atomic E-state index is -1.44. The van der Waals surface area contributed by atoms with Gasteiger partial charge in [-0.05, 0) is 41.3 Å². The van der Waals surface area contributed by atoms with Crippen molar-refractivity contribution in [2.24, 2.45) is 0 Å². The smallest absolute Gasteiger partial charge is 0.165 e. The average Bonchev–Trinajstić information content (AvgIpc) is 2.69. The van der Waals surface area contributed by atoms with Crippen molar-refractivity contribution in [3.05, 3.63) is 64.2 Å². The molecule has 27 heavy (non-hydrogen) atoms. The molecule has 0 aromatic heterocycles. The number of rotatable bonds is 5. The van der Waals surface area contributed by atoms with Crippen LogP contribution in [0, 0.1) is 0 Å². The summed E-state index contributed by atoms with van der Waals surface area (Å²) in [7, 11) is 0. The van der Waals surface area contributed by atoms with Gasteiger partial charge in [-0.2, -0.15) is 0 Å². The summed E-state index contributed by atoms with van der Waals surface area (Å²) in [6.07, 6.45) is -5.60. The second-order valence-corrected chi connectivity index (χ2v) is 6.92. The maximum absolute atomic E-state index is 10.3. The van der Waals surface area contributed by atoms with E-state index in [1.807, 2.05) is 0 Å². The maximum atomic E-state index is 10.3. The van der Waals surface area contributed by atoms with E-state index >= 15 is 0 Å². The molecule has 146 valence electrons. The van der Waals surface area contributed by atoms with Gasteiger partial charge in [0.25, 0.3) is 0 Å². The predicted octanol–water partition coefficient (Wildman–Crippen LogP) is 1.30. The van der Waals surface area contributed by atoms with Gasteiger partial charge in [-0.25, -0.2) is 5.26 Å². The van der Waals surface area contributed by atoms with Crippen LogP contribution in [-0.2, 0) is 11.2 Å². The second kappa shape index (κ2) is 8.53. The summed E-state index contributed by atoms with van der Waals surface area (Å²) in [5.74, 6) is 0.319. The first-order valence-electron chi connectivity index (χ1n) is 8.43. The third-order valence-corrected chi connectivity index (χ3v) is 5.08. The number of hydrogen-bond acceptors (Lipinski definition) is 7. The van der Waals surface area contributed by atoms with E-state index in [2.05, 4.69) is 4.89 Å². The molecule has 0 amide bonds. The van der Waals surface area contributed by atoms with E-state index in [4.69, 9.17) is 21.6 Å². The molecule has 7 nitrogen and oxygen atoms in total. The highest BCUT2D eigenvalue weighted by molar-refractivity contribution is 6.31. The Labute approximate surface area is 160 Å². The number of ether oxygens (including phenoxy) is 1. The monoisotopic (exact) mass is 396 g/mol. The van der Waals surface area contributed by atoms with Crippen LogP contribution in [0.15, 0.2) is 42.5 Å². The van der Waals surface area contributed by atoms with Gasteiger partial charge in [-0.15, -0.1) is 0 Å². The first kappa shape index (κ1) is 20.0. The first-order valence-corrected chi connectivity index (χ1v) is 8.81. The van der Waals surface area contributed by atoms with Gasteiger partial charge in [0.1, 0.15) is 30.5 Å². The van der Waals surface area contributed by atoms with Crippen LogP contribution >= 0.6 is 11.6 Å². The highest BCUT2D eigenvalue weighted by atomic mass is 35.5. The molecule has 5 atom stereocenters. The highest BCUT2D eigenvalue weighted by Gasteiger charge is 2.43. The second-order valence-electron chi connectivity index (χ2n) is 6.51. The van der Waals surface area contributed by atoms with Gasteiger partial charge in [0.2, 0.25) is 0 Å². The van der Waals surface area contributed by atoms with E-state index in [-0.39, 0.29) is 0 Å². The molecule has 1 aliphatic heterocycles. The van der Waals surface area contributed by atoms with Gasteiger partial charge in [0, 0.05) is 5.02 Å². The molecule has 1 aliphatic rings. The zero-order valence-corrected chi connectivity index (χ0v) is 15.0. The molecule has 2 aromatic carbocycles. The number of hydrogen-bond donors (Lipinski definition) is 5. The molecule has 1 heterocycles. The van der Waals surface area contributed by atoms with Gasteiger partial charge in [0.05, 0.1) is 6.61 Å². The molecule has 0 bridgehead atoms. The molecule has 0 spiro atoms. The van der Waals surface area contributed by atoms with Crippen molar-refractivity contribution in [2.45, 2.75) is 36.9 Å². The molecule has 0 aliphatic carbocycles. The SMILES string of the molecule is OC[C@H]1O[C@@H](c2ccc(Cl)c(Cc3ccc(OO)cc3)c2)[C@H](O)[C@@H](O)[C@@H]1O. The molecular weight excluding hydrogens is 376 g/mol. The van der Waals surface area contributed by atoms with Crippen molar-refractivity contribution in [1.82, 2.24) is 0 Å². The van der Waals surface area contributed by atoms with Crippen LogP contribution < -0.4 is 4.89 Å². The van der Waals surface area contributed by atoms with Gasteiger partial charge in [0.15, 0.2) is 5.75 Å². The Kier molecular flexibility index (Phi) is 6.33. The maximum Gasteiger partial charge on any atom is 0.165 e. The molecule has 1 fully saturated rings. The van der Waals surface area contributed by atoms with E-state index in [1.54, 1.807) is 42.5 Å². The third-order valence-electron chi connectivity index (χ3n) is 4.71. The molecule has 1 saturated heterocycles.